The molecule has 0 amide bonds. The molecule has 1 atom stereocenters. The van der Waals surface area contributed by atoms with E-state index in [1.807, 2.05) is 0 Å². The maximum atomic E-state index is 5.47. The quantitative estimate of drug-likeness (QED) is 0.886. The van der Waals surface area contributed by atoms with Gasteiger partial charge >= 0.3 is 0 Å². The van der Waals surface area contributed by atoms with Crippen molar-refractivity contribution in [1.82, 2.24) is 5.32 Å². The Morgan fingerprint density at radius 1 is 1.37 bits per heavy atom. The van der Waals surface area contributed by atoms with Crippen LogP contribution in [0.3, 0.4) is 0 Å². The molecule has 1 aliphatic heterocycles. The van der Waals surface area contributed by atoms with Crippen molar-refractivity contribution in [3.8, 4) is 5.75 Å². The molecule has 0 aromatic heterocycles. The van der Waals surface area contributed by atoms with Crippen molar-refractivity contribution >= 4 is 11.8 Å². The molecule has 1 saturated heterocycles. The van der Waals surface area contributed by atoms with E-state index in [2.05, 4.69) is 49.1 Å². The van der Waals surface area contributed by atoms with Gasteiger partial charge in [0.1, 0.15) is 5.75 Å². The van der Waals surface area contributed by atoms with Gasteiger partial charge in [-0.25, -0.2) is 0 Å². The summed E-state index contributed by atoms with van der Waals surface area (Å²) in [5.74, 6) is 4.49. The van der Waals surface area contributed by atoms with E-state index in [4.69, 9.17) is 4.74 Å². The van der Waals surface area contributed by atoms with Crippen LogP contribution in [0.4, 0.5) is 0 Å². The summed E-state index contributed by atoms with van der Waals surface area (Å²) in [5, 5.41) is 3.68. The molecule has 2 nitrogen and oxygen atoms in total. The number of thioether (sulfide) groups is 1. The van der Waals surface area contributed by atoms with Crippen molar-refractivity contribution in [2.24, 2.45) is 5.92 Å². The van der Waals surface area contributed by atoms with E-state index in [-0.39, 0.29) is 0 Å². The van der Waals surface area contributed by atoms with Crippen molar-refractivity contribution < 1.29 is 4.74 Å². The fourth-order valence-corrected chi connectivity index (χ4v) is 3.80. The molecule has 0 spiro atoms. The Morgan fingerprint density at radius 2 is 2.11 bits per heavy atom. The van der Waals surface area contributed by atoms with Crippen molar-refractivity contribution in [3.63, 3.8) is 0 Å². The molecule has 1 heterocycles. The predicted octanol–water partition coefficient (Wildman–Crippen LogP) is 3.80. The van der Waals surface area contributed by atoms with Crippen LogP contribution in [0, 0.1) is 12.8 Å². The summed E-state index contributed by atoms with van der Waals surface area (Å²) < 4.78 is 5.47. The molecule has 3 heteroatoms. The van der Waals surface area contributed by atoms with Crippen molar-refractivity contribution in [2.45, 2.75) is 32.7 Å². The molecule has 1 N–H and O–H groups in total. The number of hydrogen-bond acceptors (Lipinski definition) is 3. The van der Waals surface area contributed by atoms with E-state index in [0.717, 1.165) is 18.2 Å². The van der Waals surface area contributed by atoms with Gasteiger partial charge < -0.3 is 10.1 Å². The Balaban J connectivity index is 1.94. The first kappa shape index (κ1) is 14.7. The molecule has 1 fully saturated rings. The standard InChI is InChI=1S/C16H25NOS/c1-12-4-5-16(18-3)15(10-12)13(2)17-11-14-6-8-19-9-7-14/h4-5,10,13-14,17H,6-9,11H2,1-3H3. The highest BCUT2D eigenvalue weighted by atomic mass is 32.2. The lowest BCUT2D eigenvalue weighted by Crippen LogP contribution is -2.28. The second-order valence-corrected chi connectivity index (χ2v) is 6.66. The van der Waals surface area contributed by atoms with Crippen LogP contribution >= 0.6 is 11.8 Å². The first-order valence-corrected chi connectivity index (χ1v) is 8.32. The molecular formula is C16H25NOS. The monoisotopic (exact) mass is 279 g/mol. The van der Waals surface area contributed by atoms with Crippen LogP contribution in [-0.4, -0.2) is 25.2 Å². The summed E-state index contributed by atoms with van der Waals surface area (Å²) in [5.41, 5.74) is 2.56. The maximum Gasteiger partial charge on any atom is 0.123 e. The third kappa shape index (κ3) is 4.15. The largest absolute Gasteiger partial charge is 0.496 e. The minimum Gasteiger partial charge on any atom is -0.496 e. The third-order valence-corrected chi connectivity index (χ3v) is 4.95. The van der Waals surface area contributed by atoms with Gasteiger partial charge in [0, 0.05) is 11.6 Å². The number of ether oxygens (including phenoxy) is 1. The van der Waals surface area contributed by atoms with E-state index in [1.54, 1.807) is 7.11 Å². The molecule has 0 radical (unpaired) electrons. The molecule has 1 aromatic rings. The van der Waals surface area contributed by atoms with Gasteiger partial charge in [-0.1, -0.05) is 17.7 Å². The lowest BCUT2D eigenvalue weighted by Gasteiger charge is -2.24. The zero-order valence-corrected chi connectivity index (χ0v) is 13.1. The van der Waals surface area contributed by atoms with Crippen LogP contribution in [0.5, 0.6) is 5.75 Å². The average Bonchev–Trinajstić information content (AvgIpc) is 2.46. The Morgan fingerprint density at radius 3 is 2.79 bits per heavy atom. The number of methoxy groups -OCH3 is 1. The second kappa shape index (κ2) is 7.20. The first-order valence-electron chi connectivity index (χ1n) is 7.16. The van der Waals surface area contributed by atoms with Crippen LogP contribution in [0.2, 0.25) is 0 Å². The molecule has 1 unspecified atom stereocenters. The number of benzene rings is 1. The van der Waals surface area contributed by atoms with Crippen LogP contribution < -0.4 is 10.1 Å². The number of nitrogens with one attached hydrogen (secondary N) is 1. The minimum atomic E-state index is 0.351. The summed E-state index contributed by atoms with van der Waals surface area (Å²) >= 11 is 2.09. The van der Waals surface area contributed by atoms with Gasteiger partial charge in [-0.05, 0) is 56.7 Å². The van der Waals surface area contributed by atoms with Crippen LogP contribution in [0.1, 0.15) is 36.9 Å². The molecule has 0 bridgehead atoms. The smallest absolute Gasteiger partial charge is 0.123 e. The van der Waals surface area contributed by atoms with E-state index in [9.17, 15) is 0 Å². The van der Waals surface area contributed by atoms with Crippen molar-refractivity contribution in [1.29, 1.82) is 0 Å². The van der Waals surface area contributed by atoms with Crippen LogP contribution in [-0.2, 0) is 0 Å². The van der Waals surface area contributed by atoms with E-state index >= 15 is 0 Å². The number of hydrogen-bond donors (Lipinski definition) is 1. The lowest BCUT2D eigenvalue weighted by molar-refractivity contribution is 0.388. The van der Waals surface area contributed by atoms with Crippen LogP contribution in [0.15, 0.2) is 18.2 Å². The molecule has 0 saturated carbocycles. The maximum absolute atomic E-state index is 5.47. The molecule has 19 heavy (non-hydrogen) atoms. The van der Waals surface area contributed by atoms with Gasteiger partial charge in [0.15, 0.2) is 0 Å². The fraction of sp³-hybridized carbons (Fsp3) is 0.625. The van der Waals surface area contributed by atoms with Gasteiger partial charge in [0.25, 0.3) is 0 Å². The van der Waals surface area contributed by atoms with Crippen LogP contribution in [0.25, 0.3) is 0 Å². The fourth-order valence-electron chi connectivity index (χ4n) is 2.60. The molecule has 1 aromatic carbocycles. The van der Waals surface area contributed by atoms with Gasteiger partial charge in [0.05, 0.1) is 7.11 Å². The van der Waals surface area contributed by atoms with Gasteiger partial charge in [-0.15, -0.1) is 0 Å². The zero-order chi connectivity index (χ0) is 13.7. The topological polar surface area (TPSA) is 21.3 Å². The highest BCUT2D eigenvalue weighted by Crippen LogP contribution is 2.27. The zero-order valence-electron chi connectivity index (χ0n) is 12.2. The molecule has 2 rings (SSSR count). The molecular weight excluding hydrogens is 254 g/mol. The molecule has 0 aliphatic carbocycles. The van der Waals surface area contributed by atoms with Gasteiger partial charge in [-0.3, -0.25) is 0 Å². The summed E-state index contributed by atoms with van der Waals surface area (Å²) in [6, 6.07) is 6.75. The van der Waals surface area contributed by atoms with E-state index in [1.165, 1.54) is 35.5 Å². The SMILES string of the molecule is COc1ccc(C)cc1C(C)NCC1CCSCC1. The number of rotatable bonds is 5. The normalized spacial score (nSPS) is 18.3. The summed E-state index contributed by atoms with van der Waals surface area (Å²) in [4.78, 5) is 0. The Hall–Kier alpha value is -0.670. The predicted molar refractivity (Wildman–Crippen MR) is 84.2 cm³/mol. The second-order valence-electron chi connectivity index (χ2n) is 5.43. The van der Waals surface area contributed by atoms with Gasteiger partial charge in [0.2, 0.25) is 0 Å². The summed E-state index contributed by atoms with van der Waals surface area (Å²) in [6.07, 6.45) is 2.71. The Kier molecular flexibility index (Phi) is 5.59. The van der Waals surface area contributed by atoms with Crippen molar-refractivity contribution in [2.75, 3.05) is 25.2 Å². The lowest BCUT2D eigenvalue weighted by atomic mass is 10.0. The molecule has 106 valence electrons. The number of aryl methyl sites for hydroxylation is 1. The summed E-state index contributed by atoms with van der Waals surface area (Å²) in [7, 11) is 1.75. The summed E-state index contributed by atoms with van der Waals surface area (Å²) in [6.45, 7) is 5.49. The van der Waals surface area contributed by atoms with E-state index in [0.29, 0.717) is 6.04 Å². The first-order chi connectivity index (χ1) is 9.20. The van der Waals surface area contributed by atoms with E-state index < -0.39 is 0 Å². The minimum absolute atomic E-state index is 0.351. The molecule has 1 aliphatic rings. The van der Waals surface area contributed by atoms with Crippen molar-refractivity contribution in [3.05, 3.63) is 29.3 Å². The van der Waals surface area contributed by atoms with Gasteiger partial charge in [-0.2, -0.15) is 11.8 Å². The third-order valence-electron chi connectivity index (χ3n) is 3.91. The highest BCUT2D eigenvalue weighted by molar-refractivity contribution is 7.99. The highest BCUT2D eigenvalue weighted by Gasteiger charge is 2.16. The average molecular weight is 279 g/mol. The Bertz CT molecular complexity index is 402. The Labute approximate surface area is 121 Å².